The molecular formula is C22H25N5O3S. The van der Waals surface area contributed by atoms with Crippen molar-refractivity contribution in [3.05, 3.63) is 48.0 Å². The van der Waals surface area contributed by atoms with Gasteiger partial charge in [0.15, 0.2) is 5.82 Å². The maximum atomic E-state index is 12.3. The van der Waals surface area contributed by atoms with Crippen LogP contribution in [0.3, 0.4) is 0 Å². The van der Waals surface area contributed by atoms with Gasteiger partial charge in [-0.3, -0.25) is 9.59 Å². The summed E-state index contributed by atoms with van der Waals surface area (Å²) in [6, 6.07) is 9.35. The van der Waals surface area contributed by atoms with Crippen LogP contribution in [0.1, 0.15) is 31.2 Å². The Hall–Kier alpha value is -3.07. The van der Waals surface area contributed by atoms with Gasteiger partial charge in [-0.05, 0) is 57.4 Å². The number of aryl methyl sites for hydroxylation is 2. The first-order chi connectivity index (χ1) is 15.0. The molecule has 31 heavy (non-hydrogen) atoms. The Labute approximate surface area is 184 Å². The summed E-state index contributed by atoms with van der Waals surface area (Å²) >= 11 is 1.26. The lowest BCUT2D eigenvalue weighted by Crippen LogP contribution is -2.25. The molecule has 9 heteroatoms. The molecular weight excluding hydrogens is 414 g/mol. The van der Waals surface area contributed by atoms with E-state index in [-0.39, 0.29) is 17.6 Å². The van der Waals surface area contributed by atoms with Crippen molar-refractivity contribution in [2.45, 2.75) is 44.9 Å². The fourth-order valence-electron chi connectivity index (χ4n) is 3.50. The van der Waals surface area contributed by atoms with Crippen LogP contribution >= 0.6 is 11.8 Å². The molecule has 2 aromatic heterocycles. The molecule has 0 radical (unpaired) electrons. The number of aromatic nitrogens is 3. The first-order valence-corrected chi connectivity index (χ1v) is 11.3. The van der Waals surface area contributed by atoms with Crippen molar-refractivity contribution < 1.29 is 14.1 Å². The van der Waals surface area contributed by atoms with E-state index in [1.807, 2.05) is 30.5 Å². The number of fused-ring (bicyclic) bond motifs is 1. The van der Waals surface area contributed by atoms with Gasteiger partial charge in [0.1, 0.15) is 11.6 Å². The van der Waals surface area contributed by atoms with Gasteiger partial charge in [-0.1, -0.05) is 5.16 Å². The van der Waals surface area contributed by atoms with Crippen LogP contribution in [0.4, 0.5) is 11.5 Å². The van der Waals surface area contributed by atoms with Crippen LogP contribution in [-0.2, 0) is 22.6 Å². The van der Waals surface area contributed by atoms with Gasteiger partial charge in [0.05, 0.1) is 11.0 Å². The molecule has 1 aliphatic rings. The Bertz CT molecular complexity index is 1070. The molecule has 162 valence electrons. The fraction of sp³-hybridized carbons (Fsp3) is 0.364. The monoisotopic (exact) mass is 439 g/mol. The van der Waals surface area contributed by atoms with Crippen molar-refractivity contribution in [1.82, 2.24) is 14.7 Å². The summed E-state index contributed by atoms with van der Waals surface area (Å²) in [5, 5.41) is 8.88. The van der Waals surface area contributed by atoms with E-state index in [4.69, 9.17) is 4.52 Å². The number of amides is 2. The molecule has 0 bridgehead atoms. The Balaban J connectivity index is 1.28. The number of anilines is 2. The molecule has 2 amide bonds. The van der Waals surface area contributed by atoms with Crippen LogP contribution in [-0.4, -0.2) is 37.5 Å². The Morgan fingerprint density at radius 3 is 2.77 bits per heavy atom. The molecule has 3 aromatic rings. The van der Waals surface area contributed by atoms with Crippen molar-refractivity contribution in [3.63, 3.8) is 0 Å². The molecule has 0 fully saturated rings. The molecule has 4 rings (SSSR count). The van der Waals surface area contributed by atoms with Crippen LogP contribution in [0.5, 0.6) is 0 Å². The number of rotatable bonds is 7. The highest BCUT2D eigenvalue weighted by molar-refractivity contribution is 8.01. The van der Waals surface area contributed by atoms with Gasteiger partial charge >= 0.3 is 0 Å². The van der Waals surface area contributed by atoms with Crippen molar-refractivity contribution >= 4 is 35.1 Å². The number of hydrogen-bond donors (Lipinski definition) is 2. The van der Waals surface area contributed by atoms with Crippen molar-refractivity contribution in [1.29, 1.82) is 0 Å². The van der Waals surface area contributed by atoms with E-state index >= 15 is 0 Å². The van der Waals surface area contributed by atoms with Gasteiger partial charge in [0.25, 0.3) is 0 Å². The summed E-state index contributed by atoms with van der Waals surface area (Å²) in [4.78, 5) is 29.1. The normalized spacial score (nSPS) is 14.0. The fourth-order valence-corrected chi connectivity index (χ4v) is 4.18. The molecule has 1 aliphatic heterocycles. The third kappa shape index (κ3) is 5.16. The minimum atomic E-state index is -0.406. The van der Waals surface area contributed by atoms with E-state index in [1.54, 1.807) is 19.9 Å². The summed E-state index contributed by atoms with van der Waals surface area (Å²) in [6.07, 6.45) is 5.43. The van der Waals surface area contributed by atoms with E-state index in [2.05, 4.69) is 25.3 Å². The van der Waals surface area contributed by atoms with E-state index in [0.29, 0.717) is 11.6 Å². The number of imidazole rings is 1. The largest absolute Gasteiger partial charge is 0.360 e. The molecule has 0 saturated heterocycles. The zero-order chi connectivity index (χ0) is 21.8. The first-order valence-electron chi connectivity index (χ1n) is 10.3. The third-order valence-corrected chi connectivity index (χ3v) is 6.29. The summed E-state index contributed by atoms with van der Waals surface area (Å²) in [5.74, 6) is 1.76. The zero-order valence-electron chi connectivity index (χ0n) is 17.6. The molecule has 1 aromatic carbocycles. The average Bonchev–Trinajstić information content (AvgIpc) is 3.38. The molecule has 0 saturated carbocycles. The van der Waals surface area contributed by atoms with Gasteiger partial charge in [0.2, 0.25) is 11.8 Å². The second-order valence-corrected chi connectivity index (χ2v) is 8.90. The predicted molar refractivity (Wildman–Crippen MR) is 121 cm³/mol. The average molecular weight is 440 g/mol. The van der Waals surface area contributed by atoms with Crippen LogP contribution in [0.2, 0.25) is 0 Å². The lowest BCUT2D eigenvalue weighted by atomic mass is 10.1. The van der Waals surface area contributed by atoms with Crippen molar-refractivity contribution in [2.24, 2.45) is 0 Å². The van der Waals surface area contributed by atoms with Gasteiger partial charge in [-0.25, -0.2) is 4.98 Å². The van der Waals surface area contributed by atoms with Gasteiger partial charge in [0, 0.05) is 35.8 Å². The number of thioether (sulfide) groups is 1. The Morgan fingerprint density at radius 1 is 1.23 bits per heavy atom. The summed E-state index contributed by atoms with van der Waals surface area (Å²) in [6.45, 7) is 4.50. The molecule has 2 N–H and O–H groups in total. The minimum absolute atomic E-state index is 0.159. The number of nitrogens with one attached hydrogen (secondary N) is 2. The second kappa shape index (κ2) is 9.38. The van der Waals surface area contributed by atoms with Gasteiger partial charge in [-0.15, -0.1) is 11.8 Å². The number of nitrogens with zero attached hydrogens (tertiary/aromatic N) is 3. The van der Waals surface area contributed by atoms with Crippen LogP contribution < -0.4 is 10.6 Å². The highest BCUT2D eigenvalue weighted by Crippen LogP contribution is 2.25. The standard InChI is InChI=1S/C22H25N5O3S/c1-14-11-19(26-30-14)25-22(29)15(2)31-13-20(28)24-17-8-6-16(7-9-17)21-23-12-18-5-3-4-10-27(18)21/h6-9,11-12,15H,3-5,10,13H2,1-2H3,(H,24,28)(H,25,26,29). The van der Waals surface area contributed by atoms with Gasteiger partial charge in [-0.2, -0.15) is 0 Å². The minimum Gasteiger partial charge on any atom is -0.360 e. The second-order valence-electron chi connectivity index (χ2n) is 7.57. The number of carbonyl (C=O) groups excluding carboxylic acids is 2. The Kier molecular flexibility index (Phi) is 6.41. The third-order valence-electron chi connectivity index (χ3n) is 5.14. The summed E-state index contributed by atoms with van der Waals surface area (Å²) in [5.41, 5.74) is 3.04. The number of hydrogen-bond acceptors (Lipinski definition) is 6. The van der Waals surface area contributed by atoms with Crippen LogP contribution in [0.15, 0.2) is 41.1 Å². The SMILES string of the molecule is Cc1cc(NC(=O)C(C)SCC(=O)Nc2ccc(-c3ncc4n3CCCC4)cc2)no1. The van der Waals surface area contributed by atoms with E-state index in [9.17, 15) is 9.59 Å². The smallest absolute Gasteiger partial charge is 0.238 e. The summed E-state index contributed by atoms with van der Waals surface area (Å²) in [7, 11) is 0. The van der Waals surface area contributed by atoms with E-state index in [0.717, 1.165) is 30.0 Å². The lowest BCUT2D eigenvalue weighted by Gasteiger charge is -2.16. The topological polar surface area (TPSA) is 102 Å². The quantitative estimate of drug-likeness (QED) is 0.579. The van der Waals surface area contributed by atoms with Gasteiger partial charge < -0.3 is 19.7 Å². The number of carbonyl (C=O) groups is 2. The molecule has 1 atom stereocenters. The molecule has 0 aliphatic carbocycles. The molecule has 0 spiro atoms. The van der Waals surface area contributed by atoms with E-state index < -0.39 is 5.25 Å². The highest BCUT2D eigenvalue weighted by Gasteiger charge is 2.18. The predicted octanol–water partition coefficient (Wildman–Crippen LogP) is 3.88. The molecule has 1 unspecified atom stereocenters. The zero-order valence-corrected chi connectivity index (χ0v) is 18.4. The van der Waals surface area contributed by atoms with Crippen LogP contribution in [0, 0.1) is 6.92 Å². The Morgan fingerprint density at radius 2 is 2.03 bits per heavy atom. The molecule has 8 nitrogen and oxygen atoms in total. The lowest BCUT2D eigenvalue weighted by molar-refractivity contribution is -0.115. The maximum absolute atomic E-state index is 12.3. The number of benzene rings is 1. The summed E-state index contributed by atoms with van der Waals surface area (Å²) < 4.78 is 7.21. The van der Waals surface area contributed by atoms with Crippen molar-refractivity contribution in [3.8, 4) is 11.4 Å². The van der Waals surface area contributed by atoms with Crippen molar-refractivity contribution in [2.75, 3.05) is 16.4 Å². The van der Waals surface area contributed by atoms with Crippen LogP contribution in [0.25, 0.3) is 11.4 Å². The van der Waals surface area contributed by atoms with E-state index in [1.165, 1.54) is 30.3 Å². The first kappa shape index (κ1) is 21.2. The highest BCUT2D eigenvalue weighted by atomic mass is 32.2. The maximum Gasteiger partial charge on any atom is 0.238 e. The molecule has 3 heterocycles.